The van der Waals surface area contributed by atoms with E-state index in [1.165, 1.54) is 12.1 Å². The van der Waals surface area contributed by atoms with Gasteiger partial charge in [-0.25, -0.2) is 4.39 Å². The van der Waals surface area contributed by atoms with Crippen molar-refractivity contribution >= 4 is 0 Å². The van der Waals surface area contributed by atoms with Crippen molar-refractivity contribution < 1.29 is 9.50 Å². The summed E-state index contributed by atoms with van der Waals surface area (Å²) < 4.78 is 12.8. The van der Waals surface area contributed by atoms with Crippen molar-refractivity contribution in [1.82, 2.24) is 5.32 Å². The van der Waals surface area contributed by atoms with E-state index in [2.05, 4.69) is 5.32 Å². The molecule has 70 valence electrons. The maximum Gasteiger partial charge on any atom is 0.123 e. The zero-order chi connectivity index (χ0) is 9.26. The first-order chi connectivity index (χ1) is 6.27. The third-order valence-electron chi connectivity index (χ3n) is 2.46. The molecule has 1 heterocycles. The van der Waals surface area contributed by atoms with E-state index in [1.54, 1.807) is 6.07 Å². The minimum Gasteiger partial charge on any atom is -0.391 e. The molecule has 1 aromatic rings. The number of aliphatic hydroxyl groups excluding tert-OH is 1. The third-order valence-corrected chi connectivity index (χ3v) is 2.46. The molecular weight excluding hydrogens is 169 g/mol. The normalized spacial score (nSPS) is 27.8. The number of hydrogen-bond acceptors (Lipinski definition) is 2. The van der Waals surface area contributed by atoms with Gasteiger partial charge in [0.2, 0.25) is 0 Å². The van der Waals surface area contributed by atoms with Gasteiger partial charge in [0, 0.05) is 19.0 Å². The van der Waals surface area contributed by atoms with Gasteiger partial charge in [-0.3, -0.25) is 0 Å². The molecule has 1 aliphatic heterocycles. The lowest BCUT2D eigenvalue weighted by molar-refractivity contribution is 0.177. The van der Waals surface area contributed by atoms with Gasteiger partial charge in [-0.05, 0) is 17.7 Å². The summed E-state index contributed by atoms with van der Waals surface area (Å²) in [7, 11) is 0. The second kappa shape index (κ2) is 3.44. The Morgan fingerprint density at radius 1 is 1.38 bits per heavy atom. The van der Waals surface area contributed by atoms with Gasteiger partial charge in [0.25, 0.3) is 0 Å². The molecule has 0 spiro atoms. The summed E-state index contributed by atoms with van der Waals surface area (Å²) in [5.41, 5.74) is 0.873. The van der Waals surface area contributed by atoms with Gasteiger partial charge in [0.05, 0.1) is 6.10 Å². The van der Waals surface area contributed by atoms with Crippen LogP contribution in [0, 0.1) is 5.82 Å². The lowest BCUT2D eigenvalue weighted by Crippen LogP contribution is -2.16. The molecule has 0 saturated carbocycles. The van der Waals surface area contributed by atoms with Crippen LogP contribution in [0.4, 0.5) is 4.39 Å². The Balaban J connectivity index is 2.24. The number of nitrogens with one attached hydrogen (secondary N) is 1. The van der Waals surface area contributed by atoms with Crippen molar-refractivity contribution in [2.24, 2.45) is 0 Å². The monoisotopic (exact) mass is 181 g/mol. The third kappa shape index (κ3) is 1.71. The van der Waals surface area contributed by atoms with E-state index in [1.807, 2.05) is 6.07 Å². The fourth-order valence-corrected chi connectivity index (χ4v) is 1.74. The van der Waals surface area contributed by atoms with Gasteiger partial charge in [-0.15, -0.1) is 0 Å². The molecule has 0 radical (unpaired) electrons. The van der Waals surface area contributed by atoms with Crippen molar-refractivity contribution in [2.75, 3.05) is 13.1 Å². The molecule has 2 nitrogen and oxygen atoms in total. The Hall–Kier alpha value is -0.930. The van der Waals surface area contributed by atoms with Crippen molar-refractivity contribution in [3.63, 3.8) is 0 Å². The Kier molecular flexibility index (Phi) is 2.29. The molecule has 0 amide bonds. The van der Waals surface area contributed by atoms with Crippen molar-refractivity contribution in [3.05, 3.63) is 35.6 Å². The summed E-state index contributed by atoms with van der Waals surface area (Å²) in [6.07, 6.45) is -0.387. The van der Waals surface area contributed by atoms with Crippen LogP contribution in [0.5, 0.6) is 0 Å². The fourth-order valence-electron chi connectivity index (χ4n) is 1.74. The summed E-state index contributed by atoms with van der Waals surface area (Å²) in [6.45, 7) is 1.33. The molecule has 2 rings (SSSR count). The van der Waals surface area contributed by atoms with Gasteiger partial charge >= 0.3 is 0 Å². The van der Waals surface area contributed by atoms with E-state index in [-0.39, 0.29) is 17.8 Å². The number of benzene rings is 1. The highest BCUT2D eigenvalue weighted by Gasteiger charge is 2.26. The topological polar surface area (TPSA) is 32.3 Å². The maximum absolute atomic E-state index is 12.8. The summed E-state index contributed by atoms with van der Waals surface area (Å²) in [5.74, 6) is -0.202. The van der Waals surface area contributed by atoms with Crippen LogP contribution >= 0.6 is 0 Å². The van der Waals surface area contributed by atoms with Crippen molar-refractivity contribution in [2.45, 2.75) is 12.0 Å². The number of halogens is 1. The Labute approximate surface area is 76.4 Å². The van der Waals surface area contributed by atoms with Gasteiger partial charge in [0.15, 0.2) is 0 Å². The quantitative estimate of drug-likeness (QED) is 0.674. The molecule has 1 saturated heterocycles. The molecule has 0 aromatic heterocycles. The molecule has 13 heavy (non-hydrogen) atoms. The Bertz CT molecular complexity index is 303. The smallest absolute Gasteiger partial charge is 0.123 e. The van der Waals surface area contributed by atoms with Crippen molar-refractivity contribution in [1.29, 1.82) is 0 Å². The Morgan fingerprint density at radius 2 is 2.23 bits per heavy atom. The van der Waals surface area contributed by atoms with Crippen LogP contribution in [-0.2, 0) is 0 Å². The highest BCUT2D eigenvalue weighted by molar-refractivity contribution is 5.23. The highest BCUT2D eigenvalue weighted by Crippen LogP contribution is 2.22. The predicted octanol–water partition coefficient (Wildman–Crippen LogP) is 0.873. The van der Waals surface area contributed by atoms with Crippen LogP contribution in [-0.4, -0.2) is 24.3 Å². The Morgan fingerprint density at radius 3 is 2.85 bits per heavy atom. The van der Waals surface area contributed by atoms with Crippen LogP contribution in [0.15, 0.2) is 24.3 Å². The zero-order valence-electron chi connectivity index (χ0n) is 7.20. The predicted molar refractivity (Wildman–Crippen MR) is 48.0 cm³/mol. The molecule has 0 aliphatic carbocycles. The zero-order valence-corrected chi connectivity index (χ0v) is 7.20. The summed E-state index contributed by atoms with van der Waals surface area (Å²) >= 11 is 0. The number of β-amino-alcohol motifs (C(OH)–C–C–N with tert-alkyl or cyclic N) is 1. The first-order valence-electron chi connectivity index (χ1n) is 4.41. The minimum atomic E-state index is -0.387. The summed E-state index contributed by atoms with van der Waals surface area (Å²) in [6, 6.07) is 6.43. The van der Waals surface area contributed by atoms with Gasteiger partial charge in [-0.2, -0.15) is 0 Å². The molecule has 2 atom stereocenters. The SMILES string of the molecule is O[C@@H]1CNC[C@H]1c1cccc(F)c1. The summed E-state index contributed by atoms with van der Waals surface area (Å²) in [5, 5.41) is 12.6. The number of rotatable bonds is 1. The van der Waals surface area contributed by atoms with E-state index >= 15 is 0 Å². The molecule has 1 aromatic carbocycles. The maximum atomic E-state index is 12.8. The molecule has 0 unspecified atom stereocenters. The van der Waals surface area contributed by atoms with Crippen molar-refractivity contribution in [3.8, 4) is 0 Å². The van der Waals surface area contributed by atoms with E-state index < -0.39 is 0 Å². The van der Waals surface area contributed by atoms with E-state index in [0.717, 1.165) is 12.1 Å². The summed E-state index contributed by atoms with van der Waals surface area (Å²) in [4.78, 5) is 0. The van der Waals surface area contributed by atoms with E-state index in [9.17, 15) is 9.50 Å². The highest BCUT2D eigenvalue weighted by atomic mass is 19.1. The standard InChI is InChI=1S/C10H12FNO/c11-8-3-1-2-7(4-8)9-5-12-6-10(9)13/h1-4,9-10,12-13H,5-6H2/t9-,10+/m0/s1. The molecule has 1 aliphatic rings. The van der Waals surface area contributed by atoms with E-state index in [4.69, 9.17) is 0 Å². The average Bonchev–Trinajstić information content (AvgIpc) is 2.51. The minimum absolute atomic E-state index is 0.0377. The second-order valence-electron chi connectivity index (χ2n) is 3.39. The van der Waals surface area contributed by atoms with Crippen LogP contribution < -0.4 is 5.32 Å². The number of aliphatic hydroxyl groups is 1. The molecule has 1 fully saturated rings. The lowest BCUT2D eigenvalue weighted by Gasteiger charge is -2.13. The van der Waals surface area contributed by atoms with Crippen LogP contribution in [0.3, 0.4) is 0 Å². The fraction of sp³-hybridized carbons (Fsp3) is 0.400. The van der Waals surface area contributed by atoms with Gasteiger partial charge in [0.1, 0.15) is 5.82 Å². The van der Waals surface area contributed by atoms with E-state index in [0.29, 0.717) is 6.54 Å². The second-order valence-corrected chi connectivity index (χ2v) is 3.39. The average molecular weight is 181 g/mol. The van der Waals surface area contributed by atoms with Crippen LogP contribution in [0.1, 0.15) is 11.5 Å². The molecule has 2 N–H and O–H groups in total. The molecule has 0 bridgehead atoms. The molecular formula is C10H12FNO. The number of hydrogen-bond donors (Lipinski definition) is 2. The van der Waals surface area contributed by atoms with Crippen LogP contribution in [0.2, 0.25) is 0 Å². The van der Waals surface area contributed by atoms with Crippen LogP contribution in [0.25, 0.3) is 0 Å². The van der Waals surface area contributed by atoms with Gasteiger partial charge < -0.3 is 10.4 Å². The first-order valence-corrected chi connectivity index (χ1v) is 4.41. The largest absolute Gasteiger partial charge is 0.391 e. The molecule has 3 heteroatoms. The lowest BCUT2D eigenvalue weighted by atomic mass is 9.96. The van der Waals surface area contributed by atoms with Gasteiger partial charge in [-0.1, -0.05) is 12.1 Å². The first kappa shape index (κ1) is 8.66.